The summed E-state index contributed by atoms with van der Waals surface area (Å²) < 4.78 is 3.18. The van der Waals surface area contributed by atoms with Crippen LogP contribution in [0.25, 0.3) is 10.9 Å². The molecule has 0 radical (unpaired) electrons. The van der Waals surface area contributed by atoms with Crippen molar-refractivity contribution in [3.05, 3.63) is 34.4 Å². The van der Waals surface area contributed by atoms with E-state index in [0.29, 0.717) is 6.04 Å². The third-order valence-corrected chi connectivity index (χ3v) is 5.11. The van der Waals surface area contributed by atoms with E-state index in [1.807, 2.05) is 23.1 Å². The number of benzene rings is 1. The number of carbonyl (C=O) groups is 1. The molecule has 1 aliphatic heterocycles. The summed E-state index contributed by atoms with van der Waals surface area (Å²) in [7, 11) is 0. The quantitative estimate of drug-likeness (QED) is 0.787. The van der Waals surface area contributed by atoms with Gasteiger partial charge in [-0.1, -0.05) is 12.1 Å². The number of carbonyl (C=O) groups excluding carboxylic acids is 1. The Morgan fingerprint density at radius 3 is 2.90 bits per heavy atom. The molecule has 1 atom stereocenters. The molecule has 1 unspecified atom stereocenters. The van der Waals surface area contributed by atoms with Crippen molar-refractivity contribution in [2.45, 2.75) is 45.7 Å². The SMILES string of the molecule is CCn1c(C(=O)N2CCCCC2C)cc2cccc(Br)c21. The van der Waals surface area contributed by atoms with Crippen LogP contribution in [0, 0.1) is 0 Å². The third-order valence-electron chi connectivity index (χ3n) is 4.47. The highest BCUT2D eigenvalue weighted by Crippen LogP contribution is 2.29. The molecule has 1 aliphatic rings. The van der Waals surface area contributed by atoms with E-state index in [-0.39, 0.29) is 5.91 Å². The second-order valence-corrected chi connectivity index (χ2v) is 6.65. The van der Waals surface area contributed by atoms with Crippen LogP contribution in [0.3, 0.4) is 0 Å². The van der Waals surface area contributed by atoms with Gasteiger partial charge in [0, 0.05) is 29.0 Å². The summed E-state index contributed by atoms with van der Waals surface area (Å²) in [5.74, 6) is 0.173. The summed E-state index contributed by atoms with van der Waals surface area (Å²) in [4.78, 5) is 15.0. The van der Waals surface area contributed by atoms with Crippen LogP contribution in [0.5, 0.6) is 0 Å². The van der Waals surface area contributed by atoms with Crippen LogP contribution >= 0.6 is 15.9 Å². The molecule has 3 nitrogen and oxygen atoms in total. The number of piperidine rings is 1. The molecule has 0 saturated carbocycles. The molecule has 1 aromatic carbocycles. The number of aromatic nitrogens is 1. The number of hydrogen-bond donors (Lipinski definition) is 0. The minimum Gasteiger partial charge on any atom is -0.336 e. The number of halogens is 1. The van der Waals surface area contributed by atoms with Gasteiger partial charge < -0.3 is 9.47 Å². The van der Waals surface area contributed by atoms with Crippen molar-refractivity contribution in [2.24, 2.45) is 0 Å². The Morgan fingerprint density at radius 1 is 1.38 bits per heavy atom. The number of nitrogens with zero attached hydrogens (tertiary/aromatic N) is 2. The molecule has 2 heterocycles. The highest BCUT2D eigenvalue weighted by Gasteiger charge is 2.27. The Hall–Kier alpha value is -1.29. The summed E-state index contributed by atoms with van der Waals surface area (Å²) >= 11 is 3.61. The summed E-state index contributed by atoms with van der Waals surface area (Å²) in [6.07, 6.45) is 3.46. The van der Waals surface area contributed by atoms with Gasteiger partial charge in [-0.3, -0.25) is 4.79 Å². The molecular weight excluding hydrogens is 328 g/mol. The number of hydrogen-bond acceptors (Lipinski definition) is 1. The van der Waals surface area contributed by atoms with Crippen LogP contribution in [-0.4, -0.2) is 28.0 Å². The van der Waals surface area contributed by atoms with Crippen LogP contribution < -0.4 is 0 Å². The second-order valence-electron chi connectivity index (χ2n) is 5.79. The number of fused-ring (bicyclic) bond motifs is 1. The van der Waals surface area contributed by atoms with Crippen LogP contribution in [0.15, 0.2) is 28.7 Å². The van der Waals surface area contributed by atoms with E-state index in [0.717, 1.165) is 47.0 Å². The number of likely N-dealkylation sites (tertiary alicyclic amines) is 1. The van der Waals surface area contributed by atoms with Crippen LogP contribution in [-0.2, 0) is 6.54 Å². The van der Waals surface area contributed by atoms with E-state index in [9.17, 15) is 4.79 Å². The lowest BCUT2D eigenvalue weighted by atomic mass is 10.0. The minimum atomic E-state index is 0.173. The third kappa shape index (κ3) is 2.50. The van der Waals surface area contributed by atoms with Gasteiger partial charge in [0.15, 0.2) is 0 Å². The molecule has 0 spiro atoms. The highest BCUT2D eigenvalue weighted by atomic mass is 79.9. The Kier molecular flexibility index (Phi) is 4.07. The van der Waals surface area contributed by atoms with Crippen molar-refractivity contribution < 1.29 is 4.79 Å². The number of amides is 1. The smallest absolute Gasteiger partial charge is 0.270 e. The van der Waals surface area contributed by atoms with E-state index >= 15 is 0 Å². The van der Waals surface area contributed by atoms with Gasteiger partial charge in [-0.2, -0.15) is 0 Å². The fourth-order valence-corrected chi connectivity index (χ4v) is 3.93. The molecule has 0 bridgehead atoms. The Balaban J connectivity index is 2.07. The zero-order valence-electron chi connectivity index (χ0n) is 12.6. The van der Waals surface area contributed by atoms with Crippen molar-refractivity contribution in [1.82, 2.24) is 9.47 Å². The normalized spacial score (nSPS) is 19.2. The van der Waals surface area contributed by atoms with Crippen LogP contribution in [0.2, 0.25) is 0 Å². The van der Waals surface area contributed by atoms with Gasteiger partial charge in [0.1, 0.15) is 5.69 Å². The van der Waals surface area contributed by atoms with Gasteiger partial charge in [0.05, 0.1) is 5.52 Å². The molecule has 4 heteroatoms. The first-order valence-corrected chi connectivity index (χ1v) is 8.51. The zero-order chi connectivity index (χ0) is 15.0. The molecule has 1 saturated heterocycles. The van der Waals surface area contributed by atoms with Gasteiger partial charge in [-0.15, -0.1) is 0 Å². The molecular formula is C17H21BrN2O. The van der Waals surface area contributed by atoms with E-state index in [1.54, 1.807) is 0 Å². The average molecular weight is 349 g/mol. The zero-order valence-corrected chi connectivity index (χ0v) is 14.2. The lowest BCUT2D eigenvalue weighted by Crippen LogP contribution is -2.42. The van der Waals surface area contributed by atoms with Gasteiger partial charge in [0.2, 0.25) is 0 Å². The maximum Gasteiger partial charge on any atom is 0.270 e. The fraction of sp³-hybridized carbons (Fsp3) is 0.471. The van der Waals surface area contributed by atoms with E-state index in [4.69, 9.17) is 0 Å². The molecule has 1 amide bonds. The standard InChI is InChI=1S/C17H21BrN2O/c1-3-19-15(11-13-8-6-9-14(18)16(13)19)17(21)20-10-5-4-7-12(20)2/h6,8-9,11-12H,3-5,7,10H2,1-2H3. The maximum absolute atomic E-state index is 13.0. The lowest BCUT2D eigenvalue weighted by molar-refractivity contribution is 0.0625. The molecule has 1 aromatic heterocycles. The van der Waals surface area contributed by atoms with Crippen molar-refractivity contribution in [3.63, 3.8) is 0 Å². The first-order chi connectivity index (χ1) is 10.1. The van der Waals surface area contributed by atoms with E-state index < -0.39 is 0 Å². The van der Waals surface area contributed by atoms with E-state index in [2.05, 4.69) is 40.4 Å². The van der Waals surface area contributed by atoms with Crippen molar-refractivity contribution in [3.8, 4) is 0 Å². The first kappa shape index (κ1) is 14.6. The fourth-order valence-electron chi connectivity index (χ4n) is 3.33. The van der Waals surface area contributed by atoms with Crippen LogP contribution in [0.1, 0.15) is 43.6 Å². The molecule has 21 heavy (non-hydrogen) atoms. The van der Waals surface area contributed by atoms with Gasteiger partial charge in [-0.05, 0) is 61.2 Å². The van der Waals surface area contributed by atoms with Crippen molar-refractivity contribution in [1.29, 1.82) is 0 Å². The predicted octanol–water partition coefficient (Wildman–Crippen LogP) is 4.44. The largest absolute Gasteiger partial charge is 0.336 e. The van der Waals surface area contributed by atoms with E-state index in [1.165, 1.54) is 6.42 Å². The molecule has 0 aliphatic carbocycles. The average Bonchev–Trinajstić information content (AvgIpc) is 2.87. The highest BCUT2D eigenvalue weighted by molar-refractivity contribution is 9.10. The number of rotatable bonds is 2. The maximum atomic E-state index is 13.0. The lowest BCUT2D eigenvalue weighted by Gasteiger charge is -2.33. The van der Waals surface area contributed by atoms with Crippen molar-refractivity contribution in [2.75, 3.05) is 6.54 Å². The molecule has 0 N–H and O–H groups in total. The summed E-state index contributed by atoms with van der Waals surface area (Å²) in [5, 5.41) is 1.12. The monoisotopic (exact) mass is 348 g/mol. The molecule has 1 fully saturated rings. The predicted molar refractivity (Wildman–Crippen MR) is 89.7 cm³/mol. The van der Waals surface area contributed by atoms with Crippen molar-refractivity contribution >= 4 is 32.7 Å². The van der Waals surface area contributed by atoms with Gasteiger partial charge in [-0.25, -0.2) is 0 Å². The summed E-state index contributed by atoms with van der Waals surface area (Å²) in [6.45, 7) is 5.93. The molecule has 112 valence electrons. The topological polar surface area (TPSA) is 25.2 Å². The Labute approximate surface area is 134 Å². The molecule has 2 aromatic rings. The van der Waals surface area contributed by atoms with Gasteiger partial charge >= 0.3 is 0 Å². The number of aryl methyl sites for hydroxylation is 1. The Bertz CT molecular complexity index is 677. The first-order valence-electron chi connectivity index (χ1n) is 7.72. The second kappa shape index (κ2) is 5.84. The van der Waals surface area contributed by atoms with Gasteiger partial charge in [0.25, 0.3) is 5.91 Å². The summed E-state index contributed by atoms with van der Waals surface area (Å²) in [5.41, 5.74) is 1.93. The molecule has 3 rings (SSSR count). The number of para-hydroxylation sites is 1. The Morgan fingerprint density at radius 2 is 2.19 bits per heavy atom. The van der Waals surface area contributed by atoms with Crippen LogP contribution in [0.4, 0.5) is 0 Å². The summed E-state index contributed by atoms with van der Waals surface area (Å²) in [6, 6.07) is 8.50. The minimum absolute atomic E-state index is 0.173.